The van der Waals surface area contributed by atoms with Crippen LogP contribution in [-0.4, -0.2) is 22.9 Å². The number of nitrogens with zero attached hydrogens (tertiary/aromatic N) is 1. The van der Waals surface area contributed by atoms with Gasteiger partial charge in [-0.05, 0) is 12.1 Å². The summed E-state index contributed by atoms with van der Waals surface area (Å²) >= 11 is 0. The summed E-state index contributed by atoms with van der Waals surface area (Å²) in [5.74, 6) is -2.71. The average molecular weight is 288 g/mol. The number of carbonyl (C=O) groups excluding carboxylic acids is 2. The van der Waals surface area contributed by atoms with Crippen molar-refractivity contribution in [1.29, 1.82) is 0 Å². The number of hydrogen-bond acceptors (Lipinski definition) is 7. The summed E-state index contributed by atoms with van der Waals surface area (Å²) in [5, 5.41) is 7.35. The van der Waals surface area contributed by atoms with E-state index >= 15 is 0 Å². The Kier molecular flexibility index (Phi) is 2.90. The van der Waals surface area contributed by atoms with Crippen LogP contribution >= 0.6 is 0 Å². The van der Waals surface area contributed by atoms with Crippen molar-refractivity contribution in [3.8, 4) is 0 Å². The minimum Gasteiger partial charge on any atom is -0.419 e. The van der Waals surface area contributed by atoms with Crippen LogP contribution in [0.25, 0.3) is 11.0 Å². The Bertz CT molecular complexity index is 738. The van der Waals surface area contributed by atoms with E-state index in [1.807, 2.05) is 0 Å². The van der Waals surface area contributed by atoms with Crippen LogP contribution in [0, 0.1) is 0 Å². The van der Waals surface area contributed by atoms with Gasteiger partial charge in [-0.15, -0.1) is 0 Å². The number of carbonyl (C=O) groups is 2. The molecule has 3 rings (SSSR count). The van der Waals surface area contributed by atoms with Crippen LogP contribution in [0.5, 0.6) is 0 Å². The second kappa shape index (κ2) is 4.62. The lowest BCUT2D eigenvalue weighted by Crippen LogP contribution is -2.42. The second-order valence-electron chi connectivity index (χ2n) is 4.96. The maximum absolute atomic E-state index is 11.8. The first kappa shape index (κ1) is 13.2. The Morgan fingerprint density at radius 3 is 2.62 bits per heavy atom. The number of aromatic nitrogens is 1. The Labute approximate surface area is 119 Å². The average Bonchev–Trinajstić information content (AvgIpc) is 2.83. The van der Waals surface area contributed by atoms with Gasteiger partial charge < -0.3 is 19.3 Å². The minimum absolute atomic E-state index is 0.202. The fourth-order valence-electron chi connectivity index (χ4n) is 1.88. The molecule has 2 aromatic rings. The van der Waals surface area contributed by atoms with Gasteiger partial charge in [-0.2, -0.15) is 0 Å². The van der Waals surface area contributed by atoms with Crippen molar-refractivity contribution in [3.05, 3.63) is 36.2 Å². The molecule has 7 heteroatoms. The van der Waals surface area contributed by atoms with Crippen molar-refractivity contribution in [2.75, 3.05) is 5.32 Å². The second-order valence-corrected chi connectivity index (χ2v) is 4.96. The third-order valence-electron chi connectivity index (χ3n) is 2.86. The molecule has 1 N–H and O–H groups in total. The number of nitrogens with one attached hydrogen (secondary N) is 1. The van der Waals surface area contributed by atoms with Crippen molar-refractivity contribution >= 4 is 28.6 Å². The molecule has 0 bridgehead atoms. The molecule has 1 aliphatic rings. The molecule has 0 radical (unpaired) electrons. The Balaban J connectivity index is 1.81. The monoisotopic (exact) mass is 288 g/mol. The molecule has 0 aliphatic carbocycles. The molecule has 1 aliphatic heterocycles. The zero-order chi connectivity index (χ0) is 15.0. The Morgan fingerprint density at radius 1 is 1.19 bits per heavy atom. The SMILES string of the molecule is CC1(C)OC(=O)C(=CNc2ccc3cnoc3c2)C(=O)O1. The van der Waals surface area contributed by atoms with E-state index in [0.29, 0.717) is 11.3 Å². The van der Waals surface area contributed by atoms with Crippen LogP contribution in [-0.2, 0) is 19.1 Å². The highest BCUT2D eigenvalue weighted by molar-refractivity contribution is 6.15. The highest BCUT2D eigenvalue weighted by Crippen LogP contribution is 2.23. The fourth-order valence-corrected chi connectivity index (χ4v) is 1.88. The van der Waals surface area contributed by atoms with Gasteiger partial charge >= 0.3 is 11.9 Å². The van der Waals surface area contributed by atoms with Gasteiger partial charge in [0.2, 0.25) is 0 Å². The van der Waals surface area contributed by atoms with Crippen molar-refractivity contribution < 1.29 is 23.6 Å². The van der Waals surface area contributed by atoms with Gasteiger partial charge in [0.05, 0.1) is 6.20 Å². The molecule has 2 heterocycles. The number of anilines is 1. The van der Waals surface area contributed by atoms with E-state index in [4.69, 9.17) is 14.0 Å². The number of benzene rings is 1. The normalized spacial score (nSPS) is 17.3. The van der Waals surface area contributed by atoms with E-state index in [-0.39, 0.29) is 5.57 Å². The summed E-state index contributed by atoms with van der Waals surface area (Å²) in [6.07, 6.45) is 2.84. The van der Waals surface area contributed by atoms with Crippen molar-refractivity contribution in [2.24, 2.45) is 0 Å². The molecule has 7 nitrogen and oxygen atoms in total. The number of rotatable bonds is 2. The number of cyclic esters (lactones) is 2. The first-order valence-corrected chi connectivity index (χ1v) is 6.22. The topological polar surface area (TPSA) is 90.7 Å². The fraction of sp³-hybridized carbons (Fsp3) is 0.214. The van der Waals surface area contributed by atoms with E-state index in [9.17, 15) is 9.59 Å². The van der Waals surface area contributed by atoms with Crippen molar-refractivity contribution in [2.45, 2.75) is 19.6 Å². The summed E-state index contributed by atoms with van der Waals surface area (Å²) < 4.78 is 15.0. The molecule has 1 fully saturated rings. The van der Waals surface area contributed by atoms with Gasteiger partial charge in [0.25, 0.3) is 5.79 Å². The van der Waals surface area contributed by atoms with Crippen molar-refractivity contribution in [3.63, 3.8) is 0 Å². The summed E-state index contributed by atoms with van der Waals surface area (Å²) in [6.45, 7) is 2.98. The molecule has 1 saturated heterocycles. The summed E-state index contributed by atoms with van der Waals surface area (Å²) in [5.41, 5.74) is 1.03. The predicted molar refractivity (Wildman–Crippen MR) is 72.0 cm³/mol. The maximum Gasteiger partial charge on any atom is 0.350 e. The zero-order valence-electron chi connectivity index (χ0n) is 11.4. The molecule has 21 heavy (non-hydrogen) atoms. The van der Waals surface area contributed by atoms with Gasteiger partial charge in [-0.1, -0.05) is 5.16 Å². The smallest absolute Gasteiger partial charge is 0.350 e. The lowest BCUT2D eigenvalue weighted by Gasteiger charge is -2.29. The standard InChI is InChI=1S/C14H12N2O5/c1-14(2)19-12(17)10(13(18)20-14)7-15-9-4-3-8-6-16-21-11(8)5-9/h3-7,15H,1-2H3. The summed E-state index contributed by atoms with van der Waals surface area (Å²) in [4.78, 5) is 23.5. The molecule has 1 aromatic heterocycles. The van der Waals surface area contributed by atoms with Crippen LogP contribution < -0.4 is 5.32 Å². The number of ether oxygens (including phenoxy) is 2. The molecule has 0 atom stereocenters. The Morgan fingerprint density at radius 2 is 1.90 bits per heavy atom. The van der Waals surface area contributed by atoms with E-state index in [2.05, 4.69) is 10.5 Å². The van der Waals surface area contributed by atoms with Crippen LogP contribution in [0.15, 0.2) is 40.7 Å². The number of hydrogen-bond donors (Lipinski definition) is 1. The van der Waals surface area contributed by atoms with Gasteiger partial charge in [-0.25, -0.2) is 9.59 Å². The van der Waals surface area contributed by atoms with Gasteiger partial charge in [0.1, 0.15) is 0 Å². The molecule has 0 unspecified atom stereocenters. The highest BCUT2D eigenvalue weighted by Gasteiger charge is 2.38. The lowest BCUT2D eigenvalue weighted by atomic mass is 10.2. The van der Waals surface area contributed by atoms with Crippen molar-refractivity contribution in [1.82, 2.24) is 5.16 Å². The van der Waals surface area contributed by atoms with Crippen LogP contribution in [0.4, 0.5) is 5.69 Å². The molecular formula is C14H12N2O5. The largest absolute Gasteiger partial charge is 0.419 e. The van der Waals surface area contributed by atoms with E-state index < -0.39 is 17.7 Å². The van der Waals surface area contributed by atoms with E-state index in [1.165, 1.54) is 20.0 Å². The molecule has 0 spiro atoms. The zero-order valence-corrected chi connectivity index (χ0v) is 11.4. The van der Waals surface area contributed by atoms with Gasteiger partial charge in [-0.3, -0.25) is 0 Å². The Hall–Kier alpha value is -2.83. The van der Waals surface area contributed by atoms with Crippen LogP contribution in [0.2, 0.25) is 0 Å². The van der Waals surface area contributed by atoms with Crippen LogP contribution in [0.3, 0.4) is 0 Å². The maximum atomic E-state index is 11.8. The molecule has 1 aromatic carbocycles. The number of esters is 2. The van der Waals surface area contributed by atoms with E-state index in [0.717, 1.165) is 5.39 Å². The summed E-state index contributed by atoms with van der Waals surface area (Å²) in [6, 6.07) is 5.26. The number of fused-ring (bicyclic) bond motifs is 1. The highest BCUT2D eigenvalue weighted by atomic mass is 16.7. The molecule has 0 amide bonds. The first-order valence-electron chi connectivity index (χ1n) is 6.22. The van der Waals surface area contributed by atoms with Gasteiger partial charge in [0.15, 0.2) is 11.2 Å². The third-order valence-corrected chi connectivity index (χ3v) is 2.86. The van der Waals surface area contributed by atoms with Crippen LogP contribution in [0.1, 0.15) is 13.8 Å². The quantitative estimate of drug-likeness (QED) is 0.513. The van der Waals surface area contributed by atoms with Gasteiger partial charge in [0, 0.05) is 37.2 Å². The first-order chi connectivity index (χ1) is 9.94. The predicted octanol–water partition coefficient (Wildman–Crippen LogP) is 1.96. The minimum atomic E-state index is -1.25. The molecule has 108 valence electrons. The van der Waals surface area contributed by atoms with E-state index in [1.54, 1.807) is 24.4 Å². The third kappa shape index (κ3) is 2.58. The lowest BCUT2D eigenvalue weighted by molar-refractivity contribution is -0.222. The molecular weight excluding hydrogens is 276 g/mol. The molecule has 0 saturated carbocycles. The summed E-state index contributed by atoms with van der Waals surface area (Å²) in [7, 11) is 0.